The highest BCUT2D eigenvalue weighted by Gasteiger charge is 2.30. The number of benzene rings is 1. The summed E-state index contributed by atoms with van der Waals surface area (Å²) in [7, 11) is 0. The number of para-hydroxylation sites is 1. The van der Waals surface area contributed by atoms with Crippen LogP contribution >= 0.6 is 11.3 Å². The smallest absolute Gasteiger partial charge is 0.255 e. The van der Waals surface area contributed by atoms with Gasteiger partial charge >= 0.3 is 0 Å². The van der Waals surface area contributed by atoms with E-state index in [9.17, 15) is 4.79 Å². The van der Waals surface area contributed by atoms with Crippen LogP contribution in [0.15, 0.2) is 47.8 Å². The fourth-order valence-electron chi connectivity index (χ4n) is 3.86. The molecule has 0 radical (unpaired) electrons. The predicted octanol–water partition coefficient (Wildman–Crippen LogP) is 5.37. The molecule has 1 amide bonds. The van der Waals surface area contributed by atoms with Gasteiger partial charge in [0.2, 0.25) is 0 Å². The number of hydrogen-bond donors (Lipinski definition) is 0. The van der Waals surface area contributed by atoms with Crippen LogP contribution in [-0.2, 0) is 0 Å². The van der Waals surface area contributed by atoms with Gasteiger partial charge in [-0.1, -0.05) is 24.3 Å². The van der Waals surface area contributed by atoms with Crippen LogP contribution in [0.3, 0.4) is 0 Å². The van der Waals surface area contributed by atoms with Gasteiger partial charge in [0, 0.05) is 17.5 Å². The molecule has 3 nitrogen and oxygen atoms in total. The highest BCUT2D eigenvalue weighted by Crippen LogP contribution is 2.31. The zero-order valence-electron chi connectivity index (χ0n) is 14.6. The van der Waals surface area contributed by atoms with Crippen molar-refractivity contribution in [3.8, 4) is 10.6 Å². The average molecular weight is 350 g/mol. The number of nitrogens with zero attached hydrogens (tertiary/aromatic N) is 2. The number of fused-ring (bicyclic) bond motifs is 1. The van der Waals surface area contributed by atoms with Crippen molar-refractivity contribution < 1.29 is 4.79 Å². The molecule has 0 unspecified atom stereocenters. The molecule has 1 aromatic carbocycles. The molecule has 1 saturated heterocycles. The van der Waals surface area contributed by atoms with Gasteiger partial charge < -0.3 is 4.90 Å². The third-order valence-corrected chi connectivity index (χ3v) is 6.04. The maximum atomic E-state index is 13.5. The molecule has 2 aromatic heterocycles. The Morgan fingerprint density at radius 1 is 1.12 bits per heavy atom. The number of rotatable bonds is 2. The molecule has 25 heavy (non-hydrogen) atoms. The van der Waals surface area contributed by atoms with Crippen LogP contribution in [0.4, 0.5) is 0 Å². The minimum absolute atomic E-state index is 0.135. The van der Waals surface area contributed by atoms with Crippen molar-refractivity contribution >= 4 is 28.1 Å². The van der Waals surface area contributed by atoms with Gasteiger partial charge in [0.25, 0.3) is 5.91 Å². The summed E-state index contributed by atoms with van der Waals surface area (Å²) in [6.45, 7) is 4.33. The van der Waals surface area contributed by atoms with Gasteiger partial charge in [0.15, 0.2) is 0 Å². The van der Waals surface area contributed by atoms with Crippen LogP contribution in [0, 0.1) is 0 Å². The van der Waals surface area contributed by atoms with Crippen molar-refractivity contribution in [2.45, 2.75) is 45.2 Å². The molecule has 0 spiro atoms. The Hall–Kier alpha value is -2.20. The second-order valence-corrected chi connectivity index (χ2v) is 7.84. The van der Waals surface area contributed by atoms with E-state index in [2.05, 4.69) is 24.8 Å². The molecule has 1 aliphatic heterocycles. The standard InChI is InChI=1S/C21H22N2OS/c1-14-7-5-8-15(2)23(14)21(24)17-13-19(20-11-6-12-25-20)22-18-10-4-3-9-16(17)18/h3-4,6,9-15H,5,7-8H2,1-2H3/t14-,15-/m1/s1. The van der Waals surface area contributed by atoms with Crippen LogP contribution in [0.25, 0.3) is 21.5 Å². The first-order valence-corrected chi connectivity index (χ1v) is 9.79. The van der Waals surface area contributed by atoms with Gasteiger partial charge in [-0.25, -0.2) is 4.98 Å². The molecule has 2 atom stereocenters. The Labute approximate surface area is 152 Å². The van der Waals surface area contributed by atoms with Crippen molar-refractivity contribution in [2.24, 2.45) is 0 Å². The average Bonchev–Trinajstić information content (AvgIpc) is 3.15. The Kier molecular flexibility index (Phi) is 4.30. The quantitative estimate of drug-likeness (QED) is 0.623. The number of aromatic nitrogens is 1. The van der Waals surface area contributed by atoms with Gasteiger partial charge in [-0.05, 0) is 56.7 Å². The van der Waals surface area contributed by atoms with Crippen molar-refractivity contribution in [3.63, 3.8) is 0 Å². The monoisotopic (exact) mass is 350 g/mol. The van der Waals surface area contributed by atoms with Crippen molar-refractivity contribution in [2.75, 3.05) is 0 Å². The van der Waals surface area contributed by atoms with E-state index in [4.69, 9.17) is 4.98 Å². The largest absolute Gasteiger partial charge is 0.333 e. The molecule has 0 N–H and O–H groups in total. The van der Waals surface area contributed by atoms with E-state index in [0.29, 0.717) is 0 Å². The van der Waals surface area contributed by atoms with Crippen LogP contribution in [-0.4, -0.2) is 27.9 Å². The minimum atomic E-state index is 0.135. The lowest BCUT2D eigenvalue weighted by Gasteiger charge is -2.39. The highest BCUT2D eigenvalue weighted by atomic mass is 32.1. The summed E-state index contributed by atoms with van der Waals surface area (Å²) in [4.78, 5) is 21.4. The summed E-state index contributed by atoms with van der Waals surface area (Å²) < 4.78 is 0. The lowest BCUT2D eigenvalue weighted by molar-refractivity contribution is 0.0513. The topological polar surface area (TPSA) is 33.2 Å². The van der Waals surface area contributed by atoms with E-state index in [1.165, 1.54) is 6.42 Å². The third kappa shape index (κ3) is 2.95. The fourth-order valence-corrected chi connectivity index (χ4v) is 4.55. The summed E-state index contributed by atoms with van der Waals surface area (Å²) in [6, 6.07) is 14.6. The van der Waals surface area contributed by atoms with E-state index in [0.717, 1.165) is 39.9 Å². The van der Waals surface area contributed by atoms with Crippen molar-refractivity contribution in [1.29, 1.82) is 0 Å². The number of piperidine rings is 1. The summed E-state index contributed by atoms with van der Waals surface area (Å²) in [5.41, 5.74) is 2.54. The summed E-state index contributed by atoms with van der Waals surface area (Å²) >= 11 is 1.65. The maximum Gasteiger partial charge on any atom is 0.255 e. The van der Waals surface area contributed by atoms with Crippen LogP contribution in [0.1, 0.15) is 43.5 Å². The van der Waals surface area contributed by atoms with Gasteiger partial charge in [-0.3, -0.25) is 4.79 Å². The van der Waals surface area contributed by atoms with Gasteiger partial charge in [0.05, 0.1) is 21.7 Å². The zero-order valence-corrected chi connectivity index (χ0v) is 15.4. The SMILES string of the molecule is C[C@@H]1CCC[C@@H](C)N1C(=O)c1cc(-c2cccs2)nc2ccccc12. The Balaban J connectivity index is 1.86. The zero-order chi connectivity index (χ0) is 17.4. The Morgan fingerprint density at radius 3 is 2.60 bits per heavy atom. The number of carbonyl (C=O) groups excluding carboxylic acids is 1. The second kappa shape index (κ2) is 6.60. The first-order chi connectivity index (χ1) is 12.1. The lowest BCUT2D eigenvalue weighted by atomic mass is 9.95. The number of amides is 1. The first-order valence-electron chi connectivity index (χ1n) is 8.91. The molecule has 128 valence electrons. The van der Waals surface area contributed by atoms with Crippen molar-refractivity contribution in [3.05, 3.63) is 53.4 Å². The molecule has 3 heterocycles. The normalized spacial score (nSPS) is 20.8. The molecule has 4 rings (SSSR count). The van der Waals surface area contributed by atoms with E-state index in [1.807, 2.05) is 41.8 Å². The Morgan fingerprint density at radius 2 is 1.88 bits per heavy atom. The van der Waals surface area contributed by atoms with Gasteiger partial charge in [0.1, 0.15) is 0 Å². The molecule has 0 saturated carbocycles. The van der Waals surface area contributed by atoms with Crippen LogP contribution in [0.2, 0.25) is 0 Å². The first kappa shape index (κ1) is 16.3. The summed E-state index contributed by atoms with van der Waals surface area (Å²) in [5.74, 6) is 0.135. The highest BCUT2D eigenvalue weighted by molar-refractivity contribution is 7.13. The molecular weight excluding hydrogens is 328 g/mol. The van der Waals surface area contributed by atoms with Crippen LogP contribution < -0.4 is 0 Å². The fraction of sp³-hybridized carbons (Fsp3) is 0.333. The lowest BCUT2D eigenvalue weighted by Crippen LogP contribution is -2.47. The molecule has 1 aliphatic rings. The molecular formula is C21H22N2OS. The summed E-state index contributed by atoms with van der Waals surface area (Å²) in [5, 5.41) is 2.99. The van der Waals surface area contributed by atoms with Gasteiger partial charge in [-0.15, -0.1) is 11.3 Å². The minimum Gasteiger partial charge on any atom is -0.333 e. The number of carbonyl (C=O) groups is 1. The third-order valence-electron chi connectivity index (χ3n) is 5.15. The molecule has 0 bridgehead atoms. The van der Waals surface area contributed by atoms with Gasteiger partial charge in [-0.2, -0.15) is 0 Å². The Bertz CT molecular complexity index is 893. The number of likely N-dealkylation sites (tertiary alicyclic amines) is 1. The van der Waals surface area contributed by atoms with Crippen molar-refractivity contribution in [1.82, 2.24) is 9.88 Å². The van der Waals surface area contributed by atoms with E-state index in [-0.39, 0.29) is 18.0 Å². The molecule has 0 aliphatic carbocycles. The number of pyridine rings is 1. The van der Waals surface area contributed by atoms with E-state index < -0.39 is 0 Å². The number of thiophene rings is 1. The summed E-state index contributed by atoms with van der Waals surface area (Å²) in [6.07, 6.45) is 3.36. The van der Waals surface area contributed by atoms with E-state index >= 15 is 0 Å². The van der Waals surface area contributed by atoms with E-state index in [1.54, 1.807) is 11.3 Å². The van der Waals surface area contributed by atoms with Crippen LogP contribution in [0.5, 0.6) is 0 Å². The maximum absolute atomic E-state index is 13.5. The molecule has 3 aromatic rings. The molecule has 4 heteroatoms. The number of hydrogen-bond acceptors (Lipinski definition) is 3. The predicted molar refractivity (Wildman–Crippen MR) is 104 cm³/mol. The second-order valence-electron chi connectivity index (χ2n) is 6.89. The molecule has 1 fully saturated rings.